The van der Waals surface area contributed by atoms with Gasteiger partial charge in [0, 0.05) is 35.8 Å². The maximum absolute atomic E-state index is 13.3. The van der Waals surface area contributed by atoms with E-state index in [1.54, 1.807) is 23.1 Å². The van der Waals surface area contributed by atoms with Gasteiger partial charge >= 0.3 is 0 Å². The number of anilines is 1. The third kappa shape index (κ3) is 3.62. The first-order valence-electron chi connectivity index (χ1n) is 10.4. The Morgan fingerprint density at radius 1 is 1.25 bits per heavy atom. The number of fused-ring (bicyclic) bond motifs is 2. The predicted molar refractivity (Wildman–Crippen MR) is 113 cm³/mol. The fraction of sp³-hybridized carbons (Fsp3) is 0.429. The van der Waals surface area contributed by atoms with Crippen molar-refractivity contribution >= 4 is 17.2 Å². The molecular formula is C21H23F2N7O2. The van der Waals surface area contributed by atoms with Crippen molar-refractivity contribution in [2.24, 2.45) is 0 Å². The highest BCUT2D eigenvalue weighted by Gasteiger charge is 2.29. The summed E-state index contributed by atoms with van der Waals surface area (Å²) in [5.41, 5.74) is 1.07. The minimum atomic E-state index is -2.66. The molecular weight excluding hydrogens is 420 g/mol. The van der Waals surface area contributed by atoms with E-state index in [1.807, 2.05) is 13.0 Å². The fourth-order valence-electron chi connectivity index (χ4n) is 4.19. The maximum atomic E-state index is 13.3. The maximum Gasteiger partial charge on any atom is 0.280 e. The minimum absolute atomic E-state index is 0.160. The van der Waals surface area contributed by atoms with Crippen molar-refractivity contribution in [3.63, 3.8) is 0 Å². The molecule has 0 unspecified atom stereocenters. The average Bonchev–Trinajstić information content (AvgIpc) is 3.38. The number of aliphatic hydroxyl groups is 1. The number of nitrogens with one attached hydrogen (secondary N) is 1. The van der Waals surface area contributed by atoms with Crippen LogP contribution in [0, 0.1) is 0 Å². The number of rotatable bonds is 5. The lowest BCUT2D eigenvalue weighted by Gasteiger charge is -2.33. The van der Waals surface area contributed by atoms with Crippen molar-refractivity contribution in [2.75, 3.05) is 12.4 Å². The van der Waals surface area contributed by atoms with E-state index < -0.39 is 12.0 Å². The van der Waals surface area contributed by atoms with Crippen LogP contribution in [0.15, 0.2) is 30.9 Å². The summed E-state index contributed by atoms with van der Waals surface area (Å²) in [5, 5.41) is 18.0. The van der Waals surface area contributed by atoms with Crippen molar-refractivity contribution < 1.29 is 18.6 Å². The van der Waals surface area contributed by atoms with Crippen LogP contribution in [0.3, 0.4) is 0 Å². The summed E-state index contributed by atoms with van der Waals surface area (Å²) in [6, 6.07) is 1.98. The van der Waals surface area contributed by atoms with E-state index in [0.717, 1.165) is 19.0 Å². The second kappa shape index (κ2) is 7.66. The number of halogens is 2. The number of nitrogens with zero attached hydrogens (tertiary/aromatic N) is 6. The molecule has 32 heavy (non-hydrogen) atoms. The summed E-state index contributed by atoms with van der Waals surface area (Å²) in [5.74, 6) is 0.977. The Hall–Kier alpha value is -3.34. The molecule has 9 nitrogen and oxygen atoms in total. The van der Waals surface area contributed by atoms with E-state index in [-0.39, 0.29) is 17.5 Å². The molecule has 0 amide bonds. The number of aromatic nitrogens is 6. The van der Waals surface area contributed by atoms with Gasteiger partial charge in [0.25, 0.3) is 6.43 Å². The molecule has 1 aliphatic rings. The topological polar surface area (TPSA) is 102 Å². The number of hydrogen-bond acceptors (Lipinski definition) is 7. The lowest BCUT2D eigenvalue weighted by molar-refractivity contribution is 0.0195. The van der Waals surface area contributed by atoms with Gasteiger partial charge in [0.15, 0.2) is 0 Å². The molecule has 4 aromatic rings. The van der Waals surface area contributed by atoms with Gasteiger partial charge in [-0.25, -0.2) is 23.3 Å². The van der Waals surface area contributed by atoms with Crippen LogP contribution in [-0.2, 0) is 0 Å². The second-order valence-corrected chi connectivity index (χ2v) is 8.38. The molecule has 4 aromatic heterocycles. The summed E-state index contributed by atoms with van der Waals surface area (Å²) in [7, 11) is 1.52. The van der Waals surface area contributed by atoms with Gasteiger partial charge in [-0.1, -0.05) is 0 Å². The molecule has 0 radical (unpaired) electrons. The van der Waals surface area contributed by atoms with Crippen LogP contribution in [-0.4, -0.2) is 52.8 Å². The first-order chi connectivity index (χ1) is 15.3. The minimum Gasteiger partial charge on any atom is -0.479 e. The first kappa shape index (κ1) is 20.6. The Labute approximate surface area is 182 Å². The monoisotopic (exact) mass is 443 g/mol. The highest BCUT2D eigenvalue weighted by atomic mass is 19.3. The van der Waals surface area contributed by atoms with E-state index in [4.69, 9.17) is 4.74 Å². The Balaban J connectivity index is 1.51. The molecule has 5 rings (SSSR count). The van der Waals surface area contributed by atoms with Crippen molar-refractivity contribution in [3.05, 3.63) is 36.5 Å². The van der Waals surface area contributed by atoms with Crippen LogP contribution in [0.5, 0.6) is 5.88 Å². The Bertz CT molecular complexity index is 1270. The van der Waals surface area contributed by atoms with Gasteiger partial charge in [-0.2, -0.15) is 4.98 Å². The quantitative estimate of drug-likeness (QED) is 0.487. The molecule has 1 saturated carbocycles. The van der Waals surface area contributed by atoms with E-state index in [0.29, 0.717) is 41.3 Å². The second-order valence-electron chi connectivity index (χ2n) is 8.38. The molecule has 0 saturated heterocycles. The van der Waals surface area contributed by atoms with Gasteiger partial charge in [-0.3, -0.25) is 4.40 Å². The first-order valence-corrected chi connectivity index (χ1v) is 10.4. The van der Waals surface area contributed by atoms with Gasteiger partial charge in [-0.15, -0.1) is 5.10 Å². The number of hydrogen-bond donors (Lipinski definition) is 2. The summed E-state index contributed by atoms with van der Waals surface area (Å²) in [6.07, 6.45) is 6.43. The van der Waals surface area contributed by atoms with Crippen molar-refractivity contribution in [2.45, 2.75) is 50.7 Å². The summed E-state index contributed by atoms with van der Waals surface area (Å²) in [6.45, 7) is 1.86. The third-order valence-electron chi connectivity index (χ3n) is 6.00. The molecule has 2 N–H and O–H groups in total. The SMILES string of the molecule is COc1nc(NC2CCC(C)(O)CC2)nn2ccc(-c3cnc4ncc(C(F)F)n4c3)c12. The van der Waals surface area contributed by atoms with E-state index in [9.17, 15) is 13.9 Å². The Morgan fingerprint density at radius 3 is 2.72 bits per heavy atom. The van der Waals surface area contributed by atoms with Crippen LogP contribution >= 0.6 is 0 Å². The van der Waals surface area contributed by atoms with Crippen LogP contribution in [0.25, 0.3) is 22.4 Å². The van der Waals surface area contributed by atoms with E-state index in [2.05, 4.69) is 25.4 Å². The average molecular weight is 443 g/mol. The zero-order valence-electron chi connectivity index (χ0n) is 17.7. The van der Waals surface area contributed by atoms with Crippen molar-refractivity contribution in [1.29, 1.82) is 0 Å². The van der Waals surface area contributed by atoms with Gasteiger partial charge in [0.2, 0.25) is 17.6 Å². The molecule has 1 fully saturated rings. The van der Waals surface area contributed by atoms with Crippen molar-refractivity contribution in [1.82, 2.24) is 29.0 Å². The van der Waals surface area contributed by atoms with E-state index >= 15 is 0 Å². The molecule has 11 heteroatoms. The Kier molecular flexibility index (Phi) is 4.92. The van der Waals surface area contributed by atoms with E-state index in [1.165, 1.54) is 11.5 Å². The van der Waals surface area contributed by atoms with Gasteiger partial charge in [0.1, 0.15) is 11.2 Å². The molecule has 0 spiro atoms. The van der Waals surface area contributed by atoms with Crippen LogP contribution in [0.2, 0.25) is 0 Å². The predicted octanol–water partition coefficient (Wildman–Crippen LogP) is 3.49. The smallest absolute Gasteiger partial charge is 0.280 e. The zero-order chi connectivity index (χ0) is 22.5. The lowest BCUT2D eigenvalue weighted by atomic mass is 9.84. The molecule has 168 valence electrons. The number of imidazole rings is 1. The normalized spacial score (nSPS) is 21.5. The summed E-state index contributed by atoms with van der Waals surface area (Å²) >= 11 is 0. The molecule has 1 aliphatic carbocycles. The molecule has 0 bridgehead atoms. The van der Waals surface area contributed by atoms with Gasteiger partial charge < -0.3 is 15.2 Å². The van der Waals surface area contributed by atoms with Gasteiger partial charge in [-0.05, 0) is 38.7 Å². The van der Waals surface area contributed by atoms with Crippen LogP contribution in [0.4, 0.5) is 14.7 Å². The molecule has 0 atom stereocenters. The standard InChI is InChI=1S/C21H23F2N7O2/c1-21(31)6-3-13(4-7-21)26-19-27-18(32-2)16-14(5-8-30(16)28-19)12-9-24-20-25-10-15(17(22)23)29(20)11-12/h5,8-11,13,17,31H,3-4,6-7H2,1-2H3,(H,26,28). The fourth-order valence-corrected chi connectivity index (χ4v) is 4.19. The van der Waals surface area contributed by atoms with Crippen LogP contribution in [0.1, 0.15) is 44.7 Å². The van der Waals surface area contributed by atoms with Crippen LogP contribution < -0.4 is 10.1 Å². The largest absolute Gasteiger partial charge is 0.479 e. The third-order valence-corrected chi connectivity index (χ3v) is 6.00. The van der Waals surface area contributed by atoms with Gasteiger partial charge in [0.05, 0.1) is 18.9 Å². The summed E-state index contributed by atoms with van der Waals surface area (Å²) < 4.78 is 35.1. The molecule has 0 aromatic carbocycles. The Morgan fingerprint density at radius 2 is 2.00 bits per heavy atom. The molecule has 4 heterocycles. The van der Waals surface area contributed by atoms with Crippen molar-refractivity contribution in [3.8, 4) is 17.0 Å². The highest BCUT2D eigenvalue weighted by Crippen LogP contribution is 2.33. The number of alkyl halides is 2. The lowest BCUT2D eigenvalue weighted by Crippen LogP contribution is -2.36. The zero-order valence-corrected chi connectivity index (χ0v) is 17.7. The number of ether oxygens (including phenoxy) is 1. The summed E-state index contributed by atoms with van der Waals surface area (Å²) in [4.78, 5) is 12.7. The highest BCUT2D eigenvalue weighted by molar-refractivity contribution is 5.84. The number of methoxy groups -OCH3 is 1. The molecule has 0 aliphatic heterocycles.